The average molecular weight is 225 g/mol. The average Bonchev–Trinajstić information content (AvgIpc) is 2.38. The van der Waals surface area contributed by atoms with Crippen LogP contribution >= 0.6 is 0 Å². The second kappa shape index (κ2) is 6.44. The minimum absolute atomic E-state index is 1.18. The van der Waals surface area contributed by atoms with E-state index in [4.69, 9.17) is 0 Å². The van der Waals surface area contributed by atoms with Crippen LogP contribution in [0.4, 0.5) is 0 Å². The van der Waals surface area contributed by atoms with Gasteiger partial charge in [0.1, 0.15) is 0 Å². The summed E-state index contributed by atoms with van der Waals surface area (Å²) in [4.78, 5) is 0. The van der Waals surface area contributed by atoms with Crippen LogP contribution in [0.3, 0.4) is 0 Å². The molecule has 0 fully saturated rings. The summed E-state index contributed by atoms with van der Waals surface area (Å²) in [5, 5.41) is 2.54. The lowest BCUT2D eigenvalue weighted by Gasteiger charge is -2.03. The number of benzene rings is 2. The van der Waals surface area contributed by atoms with Crippen molar-refractivity contribution in [2.75, 3.05) is 0 Å². The van der Waals surface area contributed by atoms with Crippen molar-refractivity contribution in [2.45, 2.75) is 45.4 Å². The summed E-state index contributed by atoms with van der Waals surface area (Å²) in [6.45, 7) is 2.26. The summed E-state index contributed by atoms with van der Waals surface area (Å²) in [5.74, 6) is 0. The van der Waals surface area contributed by atoms with Crippen LogP contribution in [0.15, 0.2) is 36.4 Å². The standard InChI is InChI=1S/C17H21/c1-2-3-4-5-6-9-15-12-13-16-10-7-8-11-17(16)14-15/h7-8,10-13H,2-6,9H2,1H3. The minimum Gasteiger partial charge on any atom is -0.0654 e. The van der Waals surface area contributed by atoms with Crippen molar-refractivity contribution in [3.8, 4) is 0 Å². The van der Waals surface area contributed by atoms with E-state index in [1.54, 1.807) is 0 Å². The fourth-order valence-corrected chi connectivity index (χ4v) is 2.23. The third-order valence-electron chi connectivity index (χ3n) is 3.27. The van der Waals surface area contributed by atoms with E-state index in [9.17, 15) is 0 Å². The normalized spacial score (nSPS) is 10.9. The second-order valence-electron chi connectivity index (χ2n) is 4.74. The van der Waals surface area contributed by atoms with E-state index >= 15 is 0 Å². The smallest absolute Gasteiger partial charge is 0.00643 e. The molecule has 2 aromatic rings. The van der Waals surface area contributed by atoms with Crippen molar-refractivity contribution in [3.05, 3.63) is 48.0 Å². The largest absolute Gasteiger partial charge is 0.0654 e. The van der Waals surface area contributed by atoms with Gasteiger partial charge in [0.05, 0.1) is 0 Å². The third kappa shape index (κ3) is 3.59. The fourth-order valence-electron chi connectivity index (χ4n) is 2.23. The molecule has 0 aliphatic rings. The fraction of sp³-hybridized carbons (Fsp3) is 0.412. The number of aryl methyl sites for hydroxylation is 1. The molecule has 0 heteroatoms. The van der Waals surface area contributed by atoms with Crippen LogP contribution in [0.1, 0.15) is 44.6 Å². The van der Waals surface area contributed by atoms with Crippen molar-refractivity contribution < 1.29 is 0 Å². The zero-order valence-electron chi connectivity index (χ0n) is 10.7. The predicted octanol–water partition coefficient (Wildman–Crippen LogP) is 5.15. The Bertz CT molecular complexity index is 456. The predicted molar refractivity (Wildman–Crippen MR) is 75.2 cm³/mol. The SMILES string of the molecule is CCCCCCCc1[c]c2ccccc2cc1. The number of hydrogen-bond donors (Lipinski definition) is 0. The molecule has 0 aliphatic heterocycles. The van der Waals surface area contributed by atoms with E-state index in [0.29, 0.717) is 0 Å². The molecular formula is C17H21. The first-order valence-corrected chi connectivity index (χ1v) is 6.80. The summed E-state index contributed by atoms with van der Waals surface area (Å²) >= 11 is 0. The highest BCUT2D eigenvalue weighted by molar-refractivity contribution is 5.82. The van der Waals surface area contributed by atoms with E-state index in [1.165, 1.54) is 54.9 Å². The van der Waals surface area contributed by atoms with Crippen LogP contribution in [-0.2, 0) is 6.42 Å². The Morgan fingerprint density at radius 2 is 1.71 bits per heavy atom. The Kier molecular flexibility index (Phi) is 4.61. The van der Waals surface area contributed by atoms with Crippen LogP contribution in [0.25, 0.3) is 10.8 Å². The molecule has 89 valence electrons. The Hall–Kier alpha value is -1.30. The summed E-state index contributed by atoms with van der Waals surface area (Å²) in [6.07, 6.45) is 7.91. The Morgan fingerprint density at radius 3 is 2.59 bits per heavy atom. The Labute approximate surface area is 105 Å². The van der Waals surface area contributed by atoms with Gasteiger partial charge in [-0.15, -0.1) is 0 Å². The van der Waals surface area contributed by atoms with Crippen molar-refractivity contribution in [1.29, 1.82) is 0 Å². The maximum Gasteiger partial charge on any atom is -0.00643 e. The van der Waals surface area contributed by atoms with Crippen molar-refractivity contribution in [3.63, 3.8) is 0 Å². The first-order valence-electron chi connectivity index (χ1n) is 6.80. The van der Waals surface area contributed by atoms with Crippen LogP contribution < -0.4 is 0 Å². The molecule has 0 amide bonds. The molecule has 0 aromatic heterocycles. The van der Waals surface area contributed by atoms with Gasteiger partial charge in [0.15, 0.2) is 0 Å². The highest BCUT2D eigenvalue weighted by Gasteiger charge is 1.97. The van der Waals surface area contributed by atoms with Gasteiger partial charge in [-0.3, -0.25) is 0 Å². The minimum atomic E-state index is 1.18. The monoisotopic (exact) mass is 225 g/mol. The lowest BCUT2D eigenvalue weighted by atomic mass is 10.0. The molecule has 0 aliphatic carbocycles. The first-order chi connectivity index (χ1) is 8.40. The molecule has 0 N–H and O–H groups in total. The van der Waals surface area contributed by atoms with Gasteiger partial charge in [0, 0.05) is 0 Å². The van der Waals surface area contributed by atoms with Crippen LogP contribution in [0.5, 0.6) is 0 Å². The highest BCUT2D eigenvalue weighted by Crippen LogP contribution is 2.16. The molecular weight excluding hydrogens is 204 g/mol. The van der Waals surface area contributed by atoms with Gasteiger partial charge in [0.2, 0.25) is 0 Å². The topological polar surface area (TPSA) is 0 Å². The summed E-state index contributed by atoms with van der Waals surface area (Å²) in [5.41, 5.74) is 1.36. The van der Waals surface area contributed by atoms with Crippen LogP contribution in [0.2, 0.25) is 0 Å². The second-order valence-corrected chi connectivity index (χ2v) is 4.74. The molecule has 2 aromatic carbocycles. The Morgan fingerprint density at radius 1 is 0.882 bits per heavy atom. The lowest BCUT2D eigenvalue weighted by Crippen LogP contribution is -1.87. The quantitative estimate of drug-likeness (QED) is 0.596. The molecule has 0 atom stereocenters. The number of hydrogen-bond acceptors (Lipinski definition) is 0. The van der Waals surface area contributed by atoms with Crippen LogP contribution in [0, 0.1) is 6.07 Å². The zero-order valence-corrected chi connectivity index (χ0v) is 10.7. The summed E-state index contributed by atoms with van der Waals surface area (Å²) < 4.78 is 0. The summed E-state index contributed by atoms with van der Waals surface area (Å²) in [6, 6.07) is 16.4. The van der Waals surface area contributed by atoms with E-state index in [1.807, 2.05) is 0 Å². The van der Waals surface area contributed by atoms with E-state index in [0.717, 1.165) is 0 Å². The first kappa shape index (κ1) is 12.2. The molecule has 17 heavy (non-hydrogen) atoms. The van der Waals surface area contributed by atoms with Gasteiger partial charge < -0.3 is 0 Å². The van der Waals surface area contributed by atoms with Crippen LogP contribution in [-0.4, -0.2) is 0 Å². The molecule has 0 nitrogen and oxygen atoms in total. The molecule has 0 saturated carbocycles. The molecule has 2 rings (SSSR count). The molecule has 0 unspecified atom stereocenters. The third-order valence-corrected chi connectivity index (χ3v) is 3.27. The number of rotatable bonds is 6. The van der Waals surface area contributed by atoms with Gasteiger partial charge in [-0.2, -0.15) is 0 Å². The van der Waals surface area contributed by atoms with E-state index in [2.05, 4.69) is 49.4 Å². The molecule has 0 spiro atoms. The molecule has 0 heterocycles. The van der Waals surface area contributed by atoms with Gasteiger partial charge in [0.25, 0.3) is 0 Å². The van der Waals surface area contributed by atoms with Crippen molar-refractivity contribution >= 4 is 10.8 Å². The van der Waals surface area contributed by atoms with Crippen molar-refractivity contribution in [2.24, 2.45) is 0 Å². The molecule has 0 saturated heterocycles. The Balaban J connectivity index is 1.90. The molecule has 1 radical (unpaired) electrons. The van der Waals surface area contributed by atoms with Gasteiger partial charge in [-0.1, -0.05) is 69.0 Å². The maximum atomic E-state index is 3.52. The van der Waals surface area contributed by atoms with E-state index < -0.39 is 0 Å². The number of fused-ring (bicyclic) bond motifs is 1. The highest BCUT2D eigenvalue weighted by atomic mass is 14.0. The number of unbranched alkanes of at least 4 members (excludes halogenated alkanes) is 4. The maximum absolute atomic E-state index is 3.52. The van der Waals surface area contributed by atoms with Gasteiger partial charge in [-0.25, -0.2) is 0 Å². The van der Waals surface area contributed by atoms with Gasteiger partial charge in [-0.05, 0) is 35.2 Å². The lowest BCUT2D eigenvalue weighted by molar-refractivity contribution is 0.632. The summed E-state index contributed by atoms with van der Waals surface area (Å²) in [7, 11) is 0. The van der Waals surface area contributed by atoms with Gasteiger partial charge >= 0.3 is 0 Å². The molecule has 0 bridgehead atoms. The van der Waals surface area contributed by atoms with E-state index in [-0.39, 0.29) is 0 Å². The zero-order chi connectivity index (χ0) is 11.9. The van der Waals surface area contributed by atoms with Crippen molar-refractivity contribution in [1.82, 2.24) is 0 Å².